The van der Waals surface area contributed by atoms with Crippen LogP contribution in [0.15, 0.2) is 21.4 Å². The lowest BCUT2D eigenvalue weighted by Crippen LogP contribution is -2.29. The molecule has 0 bridgehead atoms. The van der Waals surface area contributed by atoms with Crippen molar-refractivity contribution in [2.24, 2.45) is 11.8 Å². The molecule has 5 nitrogen and oxygen atoms in total. The van der Waals surface area contributed by atoms with Gasteiger partial charge < -0.3 is 14.4 Å². The number of nitrogens with zero attached hydrogens (tertiary/aromatic N) is 1. The first kappa shape index (κ1) is 12.2. The Kier molecular flexibility index (Phi) is 3.24. The first-order valence-corrected chi connectivity index (χ1v) is 6.04. The second kappa shape index (κ2) is 4.52. The van der Waals surface area contributed by atoms with E-state index in [9.17, 15) is 9.59 Å². The van der Waals surface area contributed by atoms with Crippen molar-refractivity contribution in [1.29, 1.82) is 0 Å². The third kappa shape index (κ3) is 2.36. The molecule has 0 unspecified atom stereocenters. The molecule has 2 atom stereocenters. The van der Waals surface area contributed by atoms with Gasteiger partial charge in [0, 0.05) is 19.2 Å². The number of carbonyl (C=O) groups excluding carboxylic acids is 1. The Bertz CT molecular complexity index is 456. The fourth-order valence-electron chi connectivity index (χ4n) is 2.06. The Morgan fingerprint density at radius 2 is 2.24 bits per heavy atom. The Hall–Kier alpha value is -1.30. The van der Waals surface area contributed by atoms with Crippen molar-refractivity contribution in [2.45, 2.75) is 6.92 Å². The van der Waals surface area contributed by atoms with Crippen molar-refractivity contribution >= 4 is 27.8 Å². The van der Waals surface area contributed by atoms with E-state index in [0.717, 1.165) is 0 Å². The van der Waals surface area contributed by atoms with E-state index in [4.69, 9.17) is 9.52 Å². The zero-order chi connectivity index (χ0) is 12.6. The smallest absolute Gasteiger partial charge is 0.308 e. The Labute approximate surface area is 107 Å². The molecular weight excluding hydrogens is 290 g/mol. The highest BCUT2D eigenvalue weighted by Crippen LogP contribution is 2.25. The number of hydrogen-bond donors (Lipinski definition) is 1. The van der Waals surface area contributed by atoms with Crippen LogP contribution in [-0.2, 0) is 4.79 Å². The Balaban J connectivity index is 2.10. The van der Waals surface area contributed by atoms with E-state index in [1.165, 1.54) is 6.26 Å². The molecule has 1 fully saturated rings. The van der Waals surface area contributed by atoms with Gasteiger partial charge in [-0.3, -0.25) is 9.59 Å². The van der Waals surface area contributed by atoms with Crippen LogP contribution in [0.4, 0.5) is 0 Å². The highest BCUT2D eigenvalue weighted by molar-refractivity contribution is 9.10. The van der Waals surface area contributed by atoms with Crippen LogP contribution in [0.1, 0.15) is 17.3 Å². The molecule has 1 aromatic heterocycles. The summed E-state index contributed by atoms with van der Waals surface area (Å²) in [6, 6.07) is 1.58. The molecule has 0 saturated carbocycles. The van der Waals surface area contributed by atoms with Crippen LogP contribution in [0.25, 0.3) is 0 Å². The van der Waals surface area contributed by atoms with Gasteiger partial charge in [-0.2, -0.15) is 0 Å². The van der Waals surface area contributed by atoms with Crippen molar-refractivity contribution in [3.05, 3.63) is 22.6 Å². The number of rotatable bonds is 2. The van der Waals surface area contributed by atoms with E-state index in [1.54, 1.807) is 11.0 Å². The molecule has 0 spiro atoms. The van der Waals surface area contributed by atoms with Crippen LogP contribution in [0.3, 0.4) is 0 Å². The second-order valence-corrected chi connectivity index (χ2v) is 5.05. The SMILES string of the molecule is C[C@@H]1CN(C(=O)c2coc(Br)c2)C[C@H]1C(=O)O. The first-order chi connectivity index (χ1) is 7.99. The fraction of sp³-hybridized carbons (Fsp3) is 0.455. The van der Waals surface area contributed by atoms with Crippen LogP contribution >= 0.6 is 15.9 Å². The summed E-state index contributed by atoms with van der Waals surface area (Å²) in [5.74, 6) is -1.53. The molecule has 1 N–H and O–H groups in total. The maximum Gasteiger partial charge on any atom is 0.308 e. The van der Waals surface area contributed by atoms with Crippen molar-refractivity contribution in [1.82, 2.24) is 4.90 Å². The van der Waals surface area contributed by atoms with Crippen molar-refractivity contribution < 1.29 is 19.1 Å². The number of likely N-dealkylation sites (tertiary alicyclic amines) is 1. The maximum absolute atomic E-state index is 12.0. The molecule has 1 amide bonds. The second-order valence-electron chi connectivity index (χ2n) is 4.27. The molecule has 1 saturated heterocycles. The molecule has 1 aromatic rings. The summed E-state index contributed by atoms with van der Waals surface area (Å²) in [5, 5.41) is 8.99. The summed E-state index contributed by atoms with van der Waals surface area (Å²) in [6.45, 7) is 2.58. The average molecular weight is 302 g/mol. The minimum absolute atomic E-state index is 0.0215. The summed E-state index contributed by atoms with van der Waals surface area (Å²) in [6.07, 6.45) is 1.37. The minimum atomic E-state index is -0.846. The van der Waals surface area contributed by atoms with E-state index in [1.807, 2.05) is 6.92 Å². The third-order valence-electron chi connectivity index (χ3n) is 3.03. The number of hydrogen-bond acceptors (Lipinski definition) is 3. The van der Waals surface area contributed by atoms with Gasteiger partial charge in [0.2, 0.25) is 0 Å². The molecule has 0 radical (unpaired) electrons. The first-order valence-electron chi connectivity index (χ1n) is 5.25. The molecule has 0 aliphatic carbocycles. The van der Waals surface area contributed by atoms with Gasteiger partial charge in [-0.15, -0.1) is 0 Å². The zero-order valence-electron chi connectivity index (χ0n) is 9.22. The van der Waals surface area contributed by atoms with Crippen LogP contribution in [0.5, 0.6) is 0 Å². The number of carboxylic acids is 1. The van der Waals surface area contributed by atoms with Gasteiger partial charge in [-0.25, -0.2) is 0 Å². The molecule has 17 heavy (non-hydrogen) atoms. The number of aliphatic carboxylic acids is 1. The van der Waals surface area contributed by atoms with Gasteiger partial charge in [0.25, 0.3) is 5.91 Å². The van der Waals surface area contributed by atoms with Crippen molar-refractivity contribution in [3.63, 3.8) is 0 Å². The van der Waals surface area contributed by atoms with E-state index < -0.39 is 11.9 Å². The lowest BCUT2D eigenvalue weighted by atomic mass is 9.99. The predicted molar refractivity (Wildman–Crippen MR) is 62.6 cm³/mol. The minimum Gasteiger partial charge on any atom is -0.481 e. The zero-order valence-corrected chi connectivity index (χ0v) is 10.8. The molecule has 1 aliphatic rings. The van der Waals surface area contributed by atoms with E-state index in [0.29, 0.717) is 16.8 Å². The summed E-state index contributed by atoms with van der Waals surface area (Å²) >= 11 is 3.12. The van der Waals surface area contributed by atoms with Gasteiger partial charge >= 0.3 is 5.97 Å². The summed E-state index contributed by atoms with van der Waals surface area (Å²) in [5.41, 5.74) is 0.440. The molecule has 92 valence electrons. The van der Waals surface area contributed by atoms with E-state index >= 15 is 0 Å². The molecule has 6 heteroatoms. The van der Waals surface area contributed by atoms with Crippen molar-refractivity contribution in [2.75, 3.05) is 13.1 Å². The van der Waals surface area contributed by atoms with E-state index in [2.05, 4.69) is 15.9 Å². The Morgan fingerprint density at radius 1 is 1.53 bits per heavy atom. The van der Waals surface area contributed by atoms with Crippen LogP contribution in [0, 0.1) is 11.8 Å². The molecular formula is C11H12BrNO4. The van der Waals surface area contributed by atoms with Crippen molar-refractivity contribution in [3.8, 4) is 0 Å². The summed E-state index contributed by atoms with van der Waals surface area (Å²) in [7, 11) is 0. The van der Waals surface area contributed by atoms with E-state index in [-0.39, 0.29) is 18.4 Å². The van der Waals surface area contributed by atoms with Gasteiger partial charge in [0.15, 0.2) is 4.67 Å². The molecule has 2 heterocycles. The van der Waals surface area contributed by atoms with Gasteiger partial charge in [-0.05, 0) is 21.8 Å². The fourth-order valence-corrected chi connectivity index (χ4v) is 2.40. The average Bonchev–Trinajstić information content (AvgIpc) is 2.83. The monoisotopic (exact) mass is 301 g/mol. The summed E-state index contributed by atoms with van der Waals surface area (Å²) in [4.78, 5) is 24.5. The standard InChI is InChI=1S/C11H12BrNO4/c1-6-3-13(4-8(6)11(15)16)10(14)7-2-9(12)17-5-7/h2,5-6,8H,3-4H2,1H3,(H,15,16)/t6-,8-/m1/s1. The number of amides is 1. The lowest BCUT2D eigenvalue weighted by Gasteiger charge is -2.14. The predicted octanol–water partition coefficient (Wildman–Crippen LogP) is 1.83. The molecule has 2 rings (SSSR count). The highest BCUT2D eigenvalue weighted by Gasteiger charge is 2.37. The highest BCUT2D eigenvalue weighted by atomic mass is 79.9. The molecule has 0 aromatic carbocycles. The van der Waals surface area contributed by atoms with Crippen LogP contribution in [0.2, 0.25) is 0 Å². The number of furan rings is 1. The number of carboxylic acid groups (broad SMARTS) is 1. The Morgan fingerprint density at radius 3 is 2.71 bits per heavy atom. The summed E-state index contributed by atoms with van der Waals surface area (Å²) < 4.78 is 5.49. The normalized spacial score (nSPS) is 24.0. The topological polar surface area (TPSA) is 70.8 Å². The number of halogens is 1. The third-order valence-corrected chi connectivity index (χ3v) is 3.45. The van der Waals surface area contributed by atoms with Gasteiger partial charge in [0.05, 0.1) is 11.5 Å². The lowest BCUT2D eigenvalue weighted by molar-refractivity contribution is -0.142. The van der Waals surface area contributed by atoms with Crippen LogP contribution < -0.4 is 0 Å². The van der Waals surface area contributed by atoms with Crippen LogP contribution in [-0.4, -0.2) is 35.0 Å². The van der Waals surface area contributed by atoms with Gasteiger partial charge in [-0.1, -0.05) is 6.92 Å². The largest absolute Gasteiger partial charge is 0.481 e. The quantitative estimate of drug-likeness (QED) is 0.905. The number of carbonyl (C=O) groups is 2. The molecule has 1 aliphatic heterocycles. The van der Waals surface area contributed by atoms with Gasteiger partial charge in [0.1, 0.15) is 6.26 Å². The maximum atomic E-state index is 12.0.